The highest BCUT2D eigenvalue weighted by atomic mass is 35.5. The molecule has 3 rings (SSSR count). The third-order valence-corrected chi connectivity index (χ3v) is 5.51. The van der Waals surface area contributed by atoms with Crippen LogP contribution in [0.3, 0.4) is 0 Å². The zero-order valence-electron chi connectivity index (χ0n) is 13.7. The predicted molar refractivity (Wildman–Crippen MR) is 92.4 cm³/mol. The smallest absolute Gasteiger partial charge is 0.230 e. The number of nitrogens with one attached hydrogen (secondary N) is 2. The van der Waals surface area contributed by atoms with Gasteiger partial charge in [0.15, 0.2) is 0 Å². The number of halogens is 2. The summed E-state index contributed by atoms with van der Waals surface area (Å²) in [7, 11) is 0. The summed E-state index contributed by atoms with van der Waals surface area (Å²) in [6.07, 6.45) is 4.84. The largest absolute Gasteiger partial charge is 0.355 e. The van der Waals surface area contributed by atoms with Crippen molar-refractivity contribution in [2.45, 2.75) is 44.4 Å². The fraction of sp³-hybridized carbons (Fsp3) is 0.611. The van der Waals surface area contributed by atoms with Gasteiger partial charge < -0.3 is 10.6 Å². The van der Waals surface area contributed by atoms with Crippen molar-refractivity contribution in [2.75, 3.05) is 19.6 Å². The fourth-order valence-electron chi connectivity index (χ4n) is 3.63. The number of carbonyl (C=O) groups excluding carboxylic acids is 1. The zero-order chi connectivity index (χ0) is 15.6. The second-order valence-corrected chi connectivity index (χ2v) is 7.19. The normalized spacial score (nSPS) is 21.7. The lowest BCUT2D eigenvalue weighted by molar-refractivity contribution is -0.130. The number of amides is 1. The molecule has 0 radical (unpaired) electrons. The topological polar surface area (TPSA) is 41.1 Å². The van der Waals surface area contributed by atoms with Gasteiger partial charge in [-0.1, -0.05) is 25.5 Å². The van der Waals surface area contributed by atoms with E-state index in [1.807, 2.05) is 6.07 Å². The van der Waals surface area contributed by atoms with Crippen molar-refractivity contribution in [2.24, 2.45) is 5.41 Å². The molecule has 0 unspecified atom stereocenters. The summed E-state index contributed by atoms with van der Waals surface area (Å²) in [6, 6.07) is 6.54. The van der Waals surface area contributed by atoms with Crippen molar-refractivity contribution in [3.8, 4) is 0 Å². The monoisotopic (exact) mass is 340 g/mol. The average molecular weight is 341 g/mol. The first-order valence-electron chi connectivity index (χ1n) is 8.29. The lowest BCUT2D eigenvalue weighted by atomic mass is 9.63. The van der Waals surface area contributed by atoms with Crippen LogP contribution >= 0.6 is 12.4 Å². The van der Waals surface area contributed by atoms with Gasteiger partial charge in [-0.2, -0.15) is 0 Å². The molecular weight excluding hydrogens is 315 g/mol. The Hall–Kier alpha value is -1.13. The van der Waals surface area contributed by atoms with Crippen LogP contribution < -0.4 is 10.6 Å². The Balaban J connectivity index is 0.00000192. The van der Waals surface area contributed by atoms with E-state index in [2.05, 4.69) is 17.6 Å². The first-order valence-corrected chi connectivity index (χ1v) is 8.29. The number of hydrogen-bond donors (Lipinski definition) is 2. The van der Waals surface area contributed by atoms with Crippen LogP contribution in [-0.2, 0) is 10.2 Å². The van der Waals surface area contributed by atoms with Gasteiger partial charge in [0.25, 0.3) is 0 Å². The summed E-state index contributed by atoms with van der Waals surface area (Å²) >= 11 is 0. The van der Waals surface area contributed by atoms with Crippen LogP contribution in [0, 0.1) is 11.2 Å². The van der Waals surface area contributed by atoms with E-state index < -0.39 is 5.41 Å². The van der Waals surface area contributed by atoms with E-state index in [1.165, 1.54) is 12.1 Å². The van der Waals surface area contributed by atoms with Gasteiger partial charge in [0.2, 0.25) is 5.91 Å². The highest BCUT2D eigenvalue weighted by Crippen LogP contribution is 2.44. The van der Waals surface area contributed by atoms with Crippen molar-refractivity contribution >= 4 is 18.3 Å². The van der Waals surface area contributed by atoms with E-state index in [0.29, 0.717) is 6.54 Å². The Bertz CT molecular complexity index is 554. The van der Waals surface area contributed by atoms with Crippen molar-refractivity contribution < 1.29 is 9.18 Å². The molecule has 1 heterocycles. The molecular formula is C18H26ClFN2O. The summed E-state index contributed by atoms with van der Waals surface area (Å²) in [4.78, 5) is 12.8. The third-order valence-electron chi connectivity index (χ3n) is 5.51. The quantitative estimate of drug-likeness (QED) is 0.884. The molecule has 1 aliphatic carbocycles. The molecule has 1 saturated carbocycles. The molecule has 1 amide bonds. The highest BCUT2D eigenvalue weighted by Gasteiger charge is 2.46. The lowest BCUT2D eigenvalue weighted by Gasteiger charge is -2.42. The predicted octanol–water partition coefficient (Wildman–Crippen LogP) is 3.18. The van der Waals surface area contributed by atoms with Crippen LogP contribution in [0.4, 0.5) is 4.39 Å². The van der Waals surface area contributed by atoms with Crippen molar-refractivity contribution in [1.82, 2.24) is 10.6 Å². The Morgan fingerprint density at radius 2 is 1.96 bits per heavy atom. The highest BCUT2D eigenvalue weighted by molar-refractivity contribution is 5.89. The minimum atomic E-state index is -0.509. The van der Waals surface area contributed by atoms with Gasteiger partial charge >= 0.3 is 0 Å². The summed E-state index contributed by atoms with van der Waals surface area (Å²) in [6.45, 7) is 4.98. The fourth-order valence-corrected chi connectivity index (χ4v) is 3.63. The molecule has 23 heavy (non-hydrogen) atoms. The van der Waals surface area contributed by atoms with Crippen molar-refractivity contribution in [3.05, 3.63) is 35.6 Å². The SMILES string of the molecule is CC1(CNC(=O)C2(c3cccc(F)c3)CCC2)CCNCC1.Cl. The lowest BCUT2D eigenvalue weighted by Crippen LogP contribution is -2.52. The van der Waals surface area contributed by atoms with E-state index in [4.69, 9.17) is 0 Å². The number of piperidine rings is 1. The first kappa shape index (κ1) is 18.2. The third kappa shape index (κ3) is 3.69. The molecule has 2 N–H and O–H groups in total. The molecule has 2 fully saturated rings. The summed E-state index contributed by atoms with van der Waals surface area (Å²) in [5, 5.41) is 6.52. The Morgan fingerprint density at radius 1 is 1.26 bits per heavy atom. The van der Waals surface area contributed by atoms with Crippen molar-refractivity contribution in [1.29, 1.82) is 0 Å². The van der Waals surface area contributed by atoms with Gasteiger partial charge in [-0.25, -0.2) is 4.39 Å². The van der Waals surface area contributed by atoms with E-state index in [9.17, 15) is 9.18 Å². The maximum Gasteiger partial charge on any atom is 0.230 e. The van der Waals surface area contributed by atoms with E-state index in [0.717, 1.165) is 50.8 Å². The number of carbonyl (C=O) groups is 1. The first-order chi connectivity index (χ1) is 10.5. The molecule has 0 bridgehead atoms. The van der Waals surface area contributed by atoms with Crippen LogP contribution in [0.2, 0.25) is 0 Å². The Kier molecular flexibility index (Phi) is 5.69. The van der Waals surface area contributed by atoms with Gasteiger partial charge in [-0.3, -0.25) is 4.79 Å². The number of rotatable bonds is 4. The minimum absolute atomic E-state index is 0. The van der Waals surface area contributed by atoms with E-state index in [-0.39, 0.29) is 29.5 Å². The molecule has 128 valence electrons. The second-order valence-electron chi connectivity index (χ2n) is 7.19. The van der Waals surface area contributed by atoms with E-state index in [1.54, 1.807) is 6.07 Å². The van der Waals surface area contributed by atoms with Crippen LogP contribution in [-0.4, -0.2) is 25.5 Å². The standard InChI is InChI=1S/C18H25FN2O.ClH/c1-17(8-10-20-11-9-17)13-21-16(22)18(6-3-7-18)14-4-2-5-15(19)12-14;/h2,4-5,12,20H,3,6-11,13H2,1H3,(H,21,22);1H. The number of hydrogen-bond acceptors (Lipinski definition) is 2. The van der Waals surface area contributed by atoms with Crippen LogP contribution in [0.25, 0.3) is 0 Å². The molecule has 2 aliphatic rings. The molecule has 0 atom stereocenters. The van der Waals surface area contributed by atoms with Gasteiger partial charge in [0.1, 0.15) is 5.82 Å². The Morgan fingerprint density at radius 3 is 2.52 bits per heavy atom. The van der Waals surface area contributed by atoms with Gasteiger partial charge in [-0.15, -0.1) is 12.4 Å². The van der Waals surface area contributed by atoms with Gasteiger partial charge in [-0.05, 0) is 61.9 Å². The van der Waals surface area contributed by atoms with Gasteiger partial charge in [0.05, 0.1) is 5.41 Å². The molecule has 0 spiro atoms. The number of benzene rings is 1. The average Bonchev–Trinajstić information content (AvgIpc) is 2.45. The van der Waals surface area contributed by atoms with E-state index >= 15 is 0 Å². The molecule has 0 aromatic heterocycles. The van der Waals surface area contributed by atoms with Crippen LogP contribution in [0.1, 0.15) is 44.6 Å². The Labute approximate surface area is 143 Å². The zero-order valence-corrected chi connectivity index (χ0v) is 14.5. The van der Waals surface area contributed by atoms with Crippen LogP contribution in [0.5, 0.6) is 0 Å². The molecule has 1 aliphatic heterocycles. The minimum Gasteiger partial charge on any atom is -0.355 e. The molecule has 1 aromatic carbocycles. The molecule has 3 nitrogen and oxygen atoms in total. The molecule has 5 heteroatoms. The summed E-state index contributed by atoms with van der Waals surface area (Å²) in [5.41, 5.74) is 0.491. The second kappa shape index (κ2) is 7.18. The summed E-state index contributed by atoms with van der Waals surface area (Å²) < 4.78 is 13.5. The van der Waals surface area contributed by atoms with Crippen molar-refractivity contribution in [3.63, 3.8) is 0 Å². The van der Waals surface area contributed by atoms with Gasteiger partial charge in [0, 0.05) is 6.54 Å². The maximum absolute atomic E-state index is 13.5. The molecule has 1 aromatic rings. The maximum atomic E-state index is 13.5. The van der Waals surface area contributed by atoms with Crippen LogP contribution in [0.15, 0.2) is 24.3 Å². The summed E-state index contributed by atoms with van der Waals surface area (Å²) in [5.74, 6) is -0.189. The molecule has 1 saturated heterocycles.